The molecule has 2 aromatic heterocycles. The van der Waals surface area contributed by atoms with Gasteiger partial charge < -0.3 is 4.52 Å². The van der Waals surface area contributed by atoms with E-state index in [-0.39, 0.29) is 5.69 Å². The van der Waals surface area contributed by atoms with E-state index in [1.54, 1.807) is 12.3 Å². The molecule has 0 atom stereocenters. The largest absolute Gasteiger partial charge is 0.359 e. The van der Waals surface area contributed by atoms with E-state index in [9.17, 15) is 4.79 Å². The molecule has 0 spiro atoms. The molecule has 3 N–H and O–H groups in total. The first kappa shape index (κ1) is 14.2. The molecule has 1 amide bonds. The summed E-state index contributed by atoms with van der Waals surface area (Å²) in [6.45, 7) is 1.40. The lowest BCUT2D eigenvalue weighted by atomic mass is 10.2. The first-order valence-corrected chi connectivity index (χ1v) is 6.24. The van der Waals surface area contributed by atoms with Gasteiger partial charge in [-0.25, -0.2) is 5.84 Å². The maximum absolute atomic E-state index is 11.2. The van der Waals surface area contributed by atoms with Crippen molar-refractivity contribution < 1.29 is 9.32 Å². The van der Waals surface area contributed by atoms with Crippen LogP contribution < -0.4 is 11.3 Å². The predicted octanol–water partition coefficient (Wildman–Crippen LogP) is 0.348. The SMILES string of the molecule is CN(CCc1ccccn1)Cc1cc(C(=O)NN)no1. The standard InChI is InChI=1S/C13H17N5O2/c1-18(7-5-10-4-2-3-6-15-10)9-11-8-12(17-20-11)13(19)16-14/h2-4,6,8H,5,7,9,14H2,1H3,(H,16,19). The number of carbonyl (C=O) groups is 1. The lowest BCUT2D eigenvalue weighted by molar-refractivity contribution is 0.0944. The number of nitrogen functional groups attached to an aromatic ring is 1. The summed E-state index contributed by atoms with van der Waals surface area (Å²) in [6.07, 6.45) is 2.63. The molecule has 20 heavy (non-hydrogen) atoms. The molecule has 0 fully saturated rings. The van der Waals surface area contributed by atoms with E-state index in [0.717, 1.165) is 18.7 Å². The molecule has 0 aliphatic carbocycles. The third kappa shape index (κ3) is 3.87. The van der Waals surface area contributed by atoms with Crippen molar-refractivity contribution in [2.24, 2.45) is 5.84 Å². The van der Waals surface area contributed by atoms with Crippen LogP contribution >= 0.6 is 0 Å². The Labute approximate surface area is 116 Å². The smallest absolute Gasteiger partial charge is 0.287 e. The van der Waals surface area contributed by atoms with Crippen LogP contribution in [0, 0.1) is 0 Å². The van der Waals surface area contributed by atoms with Gasteiger partial charge in [-0.3, -0.25) is 20.1 Å². The fraction of sp³-hybridized carbons (Fsp3) is 0.308. The monoisotopic (exact) mass is 275 g/mol. The zero-order valence-electron chi connectivity index (χ0n) is 11.2. The summed E-state index contributed by atoms with van der Waals surface area (Å²) >= 11 is 0. The highest BCUT2D eigenvalue weighted by Crippen LogP contribution is 2.07. The second kappa shape index (κ2) is 6.78. The van der Waals surface area contributed by atoms with E-state index in [2.05, 4.69) is 15.0 Å². The highest BCUT2D eigenvalue weighted by Gasteiger charge is 2.12. The molecule has 0 aromatic carbocycles. The molecular weight excluding hydrogens is 258 g/mol. The van der Waals surface area contributed by atoms with E-state index in [0.29, 0.717) is 12.3 Å². The average molecular weight is 275 g/mol. The number of hydrazine groups is 1. The molecule has 7 heteroatoms. The van der Waals surface area contributed by atoms with Gasteiger partial charge in [0.1, 0.15) is 0 Å². The number of likely N-dealkylation sites (N-methyl/N-ethyl adjacent to an activating group) is 1. The van der Waals surface area contributed by atoms with Gasteiger partial charge in [0.05, 0.1) is 6.54 Å². The quantitative estimate of drug-likeness (QED) is 0.448. The van der Waals surface area contributed by atoms with Gasteiger partial charge in [-0.2, -0.15) is 0 Å². The Morgan fingerprint density at radius 2 is 2.35 bits per heavy atom. The van der Waals surface area contributed by atoms with Gasteiger partial charge in [0.2, 0.25) is 0 Å². The molecule has 0 aliphatic heterocycles. The van der Waals surface area contributed by atoms with Crippen LogP contribution in [-0.2, 0) is 13.0 Å². The second-order valence-corrected chi connectivity index (χ2v) is 4.46. The summed E-state index contributed by atoms with van der Waals surface area (Å²) in [7, 11) is 1.97. The molecule has 7 nitrogen and oxygen atoms in total. The minimum Gasteiger partial charge on any atom is -0.359 e. The van der Waals surface area contributed by atoms with Crippen LogP contribution in [-0.4, -0.2) is 34.5 Å². The number of nitrogens with zero attached hydrogens (tertiary/aromatic N) is 3. The summed E-state index contributed by atoms with van der Waals surface area (Å²) in [6, 6.07) is 7.44. The highest BCUT2D eigenvalue weighted by molar-refractivity contribution is 5.91. The average Bonchev–Trinajstić information content (AvgIpc) is 2.94. The molecule has 0 saturated carbocycles. The Bertz CT molecular complexity index is 555. The van der Waals surface area contributed by atoms with Crippen LogP contribution in [0.5, 0.6) is 0 Å². The van der Waals surface area contributed by atoms with Gasteiger partial charge in [0, 0.05) is 30.9 Å². The number of aromatic nitrogens is 2. The van der Waals surface area contributed by atoms with Crippen LogP contribution in [0.15, 0.2) is 35.0 Å². The number of carbonyl (C=O) groups excluding carboxylic acids is 1. The normalized spacial score (nSPS) is 10.8. The van der Waals surface area contributed by atoms with E-state index >= 15 is 0 Å². The summed E-state index contributed by atoms with van der Waals surface area (Å²) in [5.41, 5.74) is 3.23. The Morgan fingerprint density at radius 1 is 1.50 bits per heavy atom. The van der Waals surface area contributed by atoms with Crippen LogP contribution in [0.2, 0.25) is 0 Å². The van der Waals surface area contributed by atoms with Crippen LogP contribution in [0.25, 0.3) is 0 Å². The summed E-state index contributed by atoms with van der Waals surface area (Å²) in [5, 5.41) is 3.65. The first-order valence-electron chi connectivity index (χ1n) is 6.24. The first-order chi connectivity index (χ1) is 9.69. The Hall–Kier alpha value is -2.25. The molecule has 106 valence electrons. The molecule has 0 unspecified atom stereocenters. The summed E-state index contributed by atoms with van der Waals surface area (Å²) in [5.74, 6) is 5.18. The number of hydrogen-bond donors (Lipinski definition) is 2. The van der Waals surface area contributed by atoms with Crippen molar-refractivity contribution in [3.63, 3.8) is 0 Å². The van der Waals surface area contributed by atoms with Gasteiger partial charge in [-0.05, 0) is 19.2 Å². The van der Waals surface area contributed by atoms with Crippen molar-refractivity contribution in [3.8, 4) is 0 Å². The number of nitrogens with two attached hydrogens (primary N) is 1. The molecule has 0 bridgehead atoms. The fourth-order valence-electron chi connectivity index (χ4n) is 1.76. The Kier molecular flexibility index (Phi) is 4.80. The minimum atomic E-state index is -0.462. The zero-order valence-corrected chi connectivity index (χ0v) is 11.2. The van der Waals surface area contributed by atoms with Crippen molar-refractivity contribution in [2.75, 3.05) is 13.6 Å². The number of rotatable bonds is 6. The van der Waals surface area contributed by atoms with E-state index < -0.39 is 5.91 Å². The molecule has 2 rings (SSSR count). The van der Waals surface area contributed by atoms with Gasteiger partial charge in [0.25, 0.3) is 5.91 Å². The van der Waals surface area contributed by atoms with Gasteiger partial charge in [-0.1, -0.05) is 11.2 Å². The van der Waals surface area contributed by atoms with Crippen molar-refractivity contribution in [3.05, 3.63) is 47.6 Å². The van der Waals surface area contributed by atoms with Crippen LogP contribution in [0.3, 0.4) is 0 Å². The van der Waals surface area contributed by atoms with Gasteiger partial charge in [-0.15, -0.1) is 0 Å². The number of pyridine rings is 1. The van der Waals surface area contributed by atoms with Gasteiger partial charge >= 0.3 is 0 Å². The number of amides is 1. The second-order valence-electron chi connectivity index (χ2n) is 4.46. The maximum atomic E-state index is 11.2. The molecule has 0 saturated heterocycles. The fourth-order valence-corrected chi connectivity index (χ4v) is 1.76. The molecule has 2 heterocycles. The van der Waals surface area contributed by atoms with Crippen molar-refractivity contribution in [1.29, 1.82) is 0 Å². The maximum Gasteiger partial charge on any atom is 0.287 e. The molecular formula is C13H17N5O2. The topological polar surface area (TPSA) is 97.3 Å². The highest BCUT2D eigenvalue weighted by atomic mass is 16.5. The van der Waals surface area contributed by atoms with Crippen molar-refractivity contribution in [1.82, 2.24) is 20.5 Å². The Balaban J connectivity index is 1.83. The van der Waals surface area contributed by atoms with E-state index in [1.165, 1.54) is 0 Å². The molecule has 2 aromatic rings. The summed E-state index contributed by atoms with van der Waals surface area (Å²) < 4.78 is 5.09. The van der Waals surface area contributed by atoms with Gasteiger partial charge in [0.15, 0.2) is 11.5 Å². The van der Waals surface area contributed by atoms with Crippen LogP contribution in [0.1, 0.15) is 21.9 Å². The van der Waals surface area contributed by atoms with E-state index in [4.69, 9.17) is 10.4 Å². The number of nitrogens with one attached hydrogen (secondary N) is 1. The third-order valence-corrected chi connectivity index (χ3v) is 2.82. The molecule has 0 radical (unpaired) electrons. The van der Waals surface area contributed by atoms with Crippen LogP contribution in [0.4, 0.5) is 0 Å². The van der Waals surface area contributed by atoms with Crippen molar-refractivity contribution >= 4 is 5.91 Å². The summed E-state index contributed by atoms with van der Waals surface area (Å²) in [4.78, 5) is 17.6. The lowest BCUT2D eigenvalue weighted by Crippen LogP contribution is -2.30. The minimum absolute atomic E-state index is 0.181. The predicted molar refractivity (Wildman–Crippen MR) is 72.4 cm³/mol. The van der Waals surface area contributed by atoms with Crippen molar-refractivity contribution in [2.45, 2.75) is 13.0 Å². The molecule has 0 aliphatic rings. The lowest BCUT2D eigenvalue weighted by Gasteiger charge is -2.13. The number of hydrogen-bond acceptors (Lipinski definition) is 6. The zero-order chi connectivity index (χ0) is 14.4. The van der Waals surface area contributed by atoms with E-state index in [1.807, 2.05) is 30.7 Å². The Morgan fingerprint density at radius 3 is 3.05 bits per heavy atom. The third-order valence-electron chi connectivity index (χ3n) is 2.82.